The smallest absolute Gasteiger partial charge is 0.350 e. The van der Waals surface area contributed by atoms with Crippen LogP contribution in [0.1, 0.15) is 6.42 Å². The van der Waals surface area contributed by atoms with Crippen LogP contribution in [0.15, 0.2) is 12.2 Å². The first kappa shape index (κ1) is 9.17. The Bertz CT molecular complexity index is 300. The van der Waals surface area contributed by atoms with Gasteiger partial charge in [0, 0.05) is 18.7 Å². The molecule has 0 aliphatic carbocycles. The fourth-order valence-corrected chi connectivity index (χ4v) is 1.40. The van der Waals surface area contributed by atoms with Crippen molar-refractivity contribution in [3.63, 3.8) is 0 Å². The van der Waals surface area contributed by atoms with Crippen LogP contribution < -0.4 is 0 Å². The zero-order valence-corrected chi connectivity index (χ0v) is 7.25. The van der Waals surface area contributed by atoms with E-state index < -0.39 is 24.3 Å². The number of esters is 1. The van der Waals surface area contributed by atoms with Crippen LogP contribution in [-0.2, 0) is 19.2 Å². The third-order valence-corrected chi connectivity index (χ3v) is 2.06. The predicted molar refractivity (Wildman–Crippen MR) is 42.4 cm³/mol. The van der Waals surface area contributed by atoms with E-state index in [1.165, 1.54) is 5.06 Å². The minimum Gasteiger partial charge on any atom is -0.437 e. The topological polar surface area (TPSA) is 76.1 Å². The van der Waals surface area contributed by atoms with Crippen molar-refractivity contribution in [2.75, 3.05) is 6.54 Å². The summed E-state index contributed by atoms with van der Waals surface area (Å²) >= 11 is 0. The molecule has 1 saturated heterocycles. The minimum atomic E-state index is -0.878. The highest BCUT2D eigenvalue weighted by atomic mass is 16.7. The van der Waals surface area contributed by atoms with Crippen molar-refractivity contribution in [1.29, 1.82) is 0 Å². The van der Waals surface area contributed by atoms with E-state index in [1.54, 1.807) is 0 Å². The number of carbonyl (C=O) groups is 2. The summed E-state index contributed by atoms with van der Waals surface area (Å²) in [5, 5.41) is 10.6. The molecule has 0 aromatic rings. The number of aliphatic hydroxyl groups excluding tert-OH is 1. The number of carbonyl (C=O) groups excluding carboxylic acids is 2. The molecular formula is C8H9NO5. The largest absolute Gasteiger partial charge is 0.437 e. The van der Waals surface area contributed by atoms with Crippen LogP contribution in [-0.4, -0.2) is 41.0 Å². The fourth-order valence-electron chi connectivity index (χ4n) is 1.40. The molecule has 2 aliphatic heterocycles. The quantitative estimate of drug-likeness (QED) is 0.502. The van der Waals surface area contributed by atoms with Gasteiger partial charge in [0.1, 0.15) is 6.10 Å². The Morgan fingerprint density at radius 2 is 2.07 bits per heavy atom. The van der Waals surface area contributed by atoms with E-state index in [4.69, 9.17) is 9.57 Å². The van der Waals surface area contributed by atoms with Crippen LogP contribution in [0.3, 0.4) is 0 Å². The van der Waals surface area contributed by atoms with Gasteiger partial charge in [0.05, 0.1) is 0 Å². The summed E-state index contributed by atoms with van der Waals surface area (Å²) < 4.78 is 4.85. The van der Waals surface area contributed by atoms with E-state index in [2.05, 4.69) is 0 Å². The molecule has 1 N–H and O–H groups in total. The zero-order valence-electron chi connectivity index (χ0n) is 7.25. The summed E-state index contributed by atoms with van der Waals surface area (Å²) in [5.74, 6) is -1.29. The summed E-state index contributed by atoms with van der Waals surface area (Å²) in [6.45, 7) is 0.360. The number of aliphatic hydroxyl groups is 1. The van der Waals surface area contributed by atoms with Crippen LogP contribution in [0.4, 0.5) is 0 Å². The Kier molecular flexibility index (Phi) is 2.22. The summed E-state index contributed by atoms with van der Waals surface area (Å²) in [5.41, 5.74) is 0. The van der Waals surface area contributed by atoms with Crippen LogP contribution in [0, 0.1) is 0 Å². The predicted octanol–water partition coefficient (Wildman–Crippen LogP) is -1.05. The van der Waals surface area contributed by atoms with Crippen molar-refractivity contribution in [1.82, 2.24) is 5.06 Å². The van der Waals surface area contributed by atoms with Crippen molar-refractivity contribution >= 4 is 11.9 Å². The highest BCUT2D eigenvalue weighted by Crippen LogP contribution is 2.20. The summed E-state index contributed by atoms with van der Waals surface area (Å²) in [7, 11) is 0. The molecule has 0 spiro atoms. The van der Waals surface area contributed by atoms with E-state index in [9.17, 15) is 14.7 Å². The lowest BCUT2D eigenvalue weighted by Gasteiger charge is -2.24. The molecule has 1 fully saturated rings. The molecule has 6 nitrogen and oxygen atoms in total. The SMILES string of the molecule is O=C1/C=C/C(=O)ON2CCC(O)C2O1. The molecule has 2 heterocycles. The summed E-state index contributed by atoms with van der Waals surface area (Å²) in [6.07, 6.45) is 0.689. The lowest BCUT2D eigenvalue weighted by molar-refractivity contribution is -0.234. The second kappa shape index (κ2) is 3.39. The molecular weight excluding hydrogens is 190 g/mol. The van der Waals surface area contributed by atoms with Gasteiger partial charge in [-0.3, -0.25) is 0 Å². The normalized spacial score (nSPS) is 35.2. The van der Waals surface area contributed by atoms with Gasteiger partial charge in [0.15, 0.2) is 0 Å². The maximum atomic E-state index is 11.0. The molecule has 14 heavy (non-hydrogen) atoms. The van der Waals surface area contributed by atoms with E-state index >= 15 is 0 Å². The van der Waals surface area contributed by atoms with Gasteiger partial charge in [-0.2, -0.15) is 0 Å². The first-order chi connectivity index (χ1) is 6.66. The molecule has 2 aliphatic rings. The zero-order chi connectivity index (χ0) is 10.1. The molecule has 0 amide bonds. The number of fused-ring (bicyclic) bond motifs is 1. The van der Waals surface area contributed by atoms with Crippen molar-refractivity contribution in [3.8, 4) is 0 Å². The molecule has 76 valence electrons. The number of hydrogen-bond donors (Lipinski definition) is 1. The molecule has 2 atom stereocenters. The highest BCUT2D eigenvalue weighted by Gasteiger charge is 2.39. The number of hydroxylamine groups is 2. The van der Waals surface area contributed by atoms with Gasteiger partial charge in [-0.05, 0) is 6.42 Å². The number of ether oxygens (including phenoxy) is 1. The standard InChI is InChI=1S/C8H9NO5/c10-5-3-4-9-8(5)13-6(11)1-2-7(12)14-9/h1-2,5,8,10H,3-4H2/b2-1+. The first-order valence-electron chi connectivity index (χ1n) is 4.22. The van der Waals surface area contributed by atoms with E-state index in [1.807, 2.05) is 0 Å². The van der Waals surface area contributed by atoms with Crippen molar-refractivity contribution in [2.45, 2.75) is 18.8 Å². The Balaban J connectivity index is 2.19. The van der Waals surface area contributed by atoms with Crippen LogP contribution in [0.2, 0.25) is 0 Å². The van der Waals surface area contributed by atoms with E-state index in [0.29, 0.717) is 13.0 Å². The monoisotopic (exact) mass is 199 g/mol. The molecule has 0 aromatic heterocycles. The molecule has 2 rings (SSSR count). The van der Waals surface area contributed by atoms with Gasteiger partial charge in [-0.1, -0.05) is 5.06 Å². The average Bonchev–Trinajstić information content (AvgIpc) is 2.44. The second-order valence-corrected chi connectivity index (χ2v) is 3.07. The van der Waals surface area contributed by atoms with Gasteiger partial charge in [-0.15, -0.1) is 0 Å². The first-order valence-corrected chi connectivity index (χ1v) is 4.22. The van der Waals surface area contributed by atoms with Crippen LogP contribution in [0.25, 0.3) is 0 Å². The Labute approximate surface area is 79.7 Å². The maximum Gasteiger partial charge on any atom is 0.350 e. The second-order valence-electron chi connectivity index (χ2n) is 3.07. The van der Waals surface area contributed by atoms with Crippen molar-refractivity contribution in [2.24, 2.45) is 0 Å². The Morgan fingerprint density at radius 1 is 1.36 bits per heavy atom. The van der Waals surface area contributed by atoms with Gasteiger partial charge >= 0.3 is 11.9 Å². The molecule has 2 unspecified atom stereocenters. The number of hydrogen-bond acceptors (Lipinski definition) is 6. The molecule has 0 bridgehead atoms. The van der Waals surface area contributed by atoms with Crippen molar-refractivity contribution < 1.29 is 24.3 Å². The third kappa shape index (κ3) is 1.61. The number of rotatable bonds is 0. The fraction of sp³-hybridized carbons (Fsp3) is 0.500. The van der Waals surface area contributed by atoms with Gasteiger partial charge < -0.3 is 14.7 Å². The third-order valence-electron chi connectivity index (χ3n) is 2.06. The van der Waals surface area contributed by atoms with Crippen LogP contribution >= 0.6 is 0 Å². The van der Waals surface area contributed by atoms with E-state index in [-0.39, 0.29) is 0 Å². The molecule has 0 aromatic carbocycles. The maximum absolute atomic E-state index is 11.0. The highest BCUT2D eigenvalue weighted by molar-refractivity contribution is 5.92. The summed E-state index contributed by atoms with van der Waals surface area (Å²) in [6, 6.07) is 0. The Morgan fingerprint density at radius 3 is 2.86 bits per heavy atom. The van der Waals surface area contributed by atoms with E-state index in [0.717, 1.165) is 12.2 Å². The molecule has 6 heteroatoms. The van der Waals surface area contributed by atoms with Gasteiger partial charge in [0.2, 0.25) is 6.23 Å². The van der Waals surface area contributed by atoms with Crippen LogP contribution in [0.5, 0.6) is 0 Å². The molecule has 0 radical (unpaired) electrons. The molecule has 0 saturated carbocycles. The Hall–Kier alpha value is -1.40. The lowest BCUT2D eigenvalue weighted by Crippen LogP contribution is -2.41. The lowest BCUT2D eigenvalue weighted by atomic mass is 10.3. The van der Waals surface area contributed by atoms with Crippen molar-refractivity contribution in [3.05, 3.63) is 12.2 Å². The number of nitrogens with zero attached hydrogens (tertiary/aromatic N) is 1. The van der Waals surface area contributed by atoms with Gasteiger partial charge in [0.25, 0.3) is 0 Å². The minimum absolute atomic E-state index is 0.360. The summed E-state index contributed by atoms with van der Waals surface area (Å²) in [4.78, 5) is 26.8. The van der Waals surface area contributed by atoms with Gasteiger partial charge in [-0.25, -0.2) is 9.59 Å². The average molecular weight is 199 g/mol.